The van der Waals surface area contributed by atoms with Gasteiger partial charge in [-0.25, -0.2) is 0 Å². The molecule has 3 N–H and O–H groups in total. The molecule has 2 heterocycles. The van der Waals surface area contributed by atoms with Crippen LogP contribution < -0.4 is 5.32 Å². The van der Waals surface area contributed by atoms with Gasteiger partial charge in [-0.15, -0.1) is 0 Å². The number of thioether (sulfide) groups is 1. The van der Waals surface area contributed by atoms with Crippen molar-refractivity contribution in [1.29, 1.82) is 0 Å². The number of para-hydroxylation sites is 1. The molecule has 0 saturated carbocycles. The Balaban J connectivity index is 1.68. The van der Waals surface area contributed by atoms with Crippen molar-refractivity contribution in [1.82, 2.24) is 10.2 Å². The Hall–Kier alpha value is -2.30. The highest BCUT2D eigenvalue weighted by molar-refractivity contribution is 8.14. The molecule has 0 spiro atoms. The Morgan fingerprint density at radius 3 is 2.80 bits per heavy atom. The van der Waals surface area contributed by atoms with Crippen LogP contribution in [0.25, 0.3) is 11.0 Å². The largest absolute Gasteiger partial charge is 0.475 e. The topological polar surface area (TPSA) is 120 Å². The van der Waals surface area contributed by atoms with Crippen molar-refractivity contribution in [2.45, 2.75) is 12.4 Å². The molecule has 1 saturated heterocycles. The van der Waals surface area contributed by atoms with Crippen LogP contribution in [0.3, 0.4) is 0 Å². The van der Waals surface area contributed by atoms with E-state index in [-0.39, 0.29) is 12.2 Å². The molecule has 1 aromatic carbocycles. The molecule has 130 valence electrons. The van der Waals surface area contributed by atoms with Gasteiger partial charge >= 0.3 is 7.12 Å². The van der Waals surface area contributed by atoms with Gasteiger partial charge in [0.2, 0.25) is 11.8 Å². The minimum Gasteiger partial charge on any atom is -0.464 e. The molecule has 10 heteroatoms. The highest BCUT2D eigenvalue weighted by Crippen LogP contribution is 2.22. The predicted octanol–water partition coefficient (Wildman–Crippen LogP) is 0.167. The molecular weight excluding hydrogens is 347 g/mol. The first kappa shape index (κ1) is 17.5. The van der Waals surface area contributed by atoms with E-state index < -0.39 is 36.7 Å². The summed E-state index contributed by atoms with van der Waals surface area (Å²) in [5.74, 6) is -2.07. The lowest BCUT2D eigenvalue weighted by molar-refractivity contribution is -0.130. The van der Waals surface area contributed by atoms with Crippen molar-refractivity contribution in [2.24, 2.45) is 0 Å². The molecule has 0 aliphatic carbocycles. The summed E-state index contributed by atoms with van der Waals surface area (Å²) in [4.78, 5) is 36.0. The fourth-order valence-corrected chi connectivity index (χ4v) is 3.31. The zero-order valence-electron chi connectivity index (χ0n) is 13.0. The normalized spacial score (nSPS) is 15.7. The van der Waals surface area contributed by atoms with Crippen LogP contribution in [-0.4, -0.2) is 57.4 Å². The van der Waals surface area contributed by atoms with E-state index in [1.807, 2.05) is 18.2 Å². The Kier molecular flexibility index (Phi) is 5.12. The molecule has 0 unspecified atom stereocenters. The van der Waals surface area contributed by atoms with Crippen LogP contribution in [0.1, 0.15) is 5.56 Å². The van der Waals surface area contributed by atoms with E-state index in [0.717, 1.165) is 22.0 Å². The van der Waals surface area contributed by atoms with Gasteiger partial charge in [-0.2, -0.15) is 0 Å². The third kappa shape index (κ3) is 3.86. The standard InChI is InChI=1S/C15H15BN2O6S/c19-13(6-18-14(20)8-25-15(18)21)17-12(16(22)23)5-9-7-24-11-4-2-1-3-10(9)11/h1-4,7,12,22-23H,5-6,8H2,(H,17,19)/t12-/m0/s1. The van der Waals surface area contributed by atoms with Gasteiger partial charge in [-0.05, 0) is 18.1 Å². The lowest BCUT2D eigenvalue weighted by atomic mass is 9.76. The summed E-state index contributed by atoms with van der Waals surface area (Å²) in [5, 5.41) is 21.9. The van der Waals surface area contributed by atoms with Crippen LogP contribution in [0.5, 0.6) is 0 Å². The Bertz CT molecular complexity index is 807. The number of imide groups is 1. The number of furan rings is 1. The van der Waals surface area contributed by atoms with Gasteiger partial charge in [0.05, 0.1) is 18.0 Å². The number of amides is 3. The first-order valence-electron chi connectivity index (χ1n) is 7.53. The number of fused-ring (bicyclic) bond motifs is 1. The summed E-state index contributed by atoms with van der Waals surface area (Å²) in [6.45, 7) is -0.444. The monoisotopic (exact) mass is 362 g/mol. The van der Waals surface area contributed by atoms with Crippen LogP contribution >= 0.6 is 11.8 Å². The first-order valence-corrected chi connectivity index (χ1v) is 8.52. The summed E-state index contributed by atoms with van der Waals surface area (Å²) >= 11 is 0.832. The molecule has 3 amide bonds. The van der Waals surface area contributed by atoms with Crippen LogP contribution in [-0.2, 0) is 16.0 Å². The zero-order valence-corrected chi connectivity index (χ0v) is 13.9. The molecule has 1 aliphatic rings. The zero-order chi connectivity index (χ0) is 18.0. The molecule has 0 radical (unpaired) electrons. The molecule has 8 nitrogen and oxygen atoms in total. The summed E-state index contributed by atoms with van der Waals surface area (Å²) in [6.07, 6.45) is 1.62. The number of hydrogen-bond donors (Lipinski definition) is 3. The van der Waals surface area contributed by atoms with Crippen LogP contribution in [0.2, 0.25) is 0 Å². The van der Waals surface area contributed by atoms with Crippen molar-refractivity contribution in [3.8, 4) is 0 Å². The highest BCUT2D eigenvalue weighted by Gasteiger charge is 2.33. The van der Waals surface area contributed by atoms with Crippen molar-refractivity contribution in [3.05, 3.63) is 36.1 Å². The third-order valence-electron chi connectivity index (χ3n) is 3.85. The summed E-state index contributed by atoms with van der Waals surface area (Å²) in [5.41, 5.74) is 1.36. The molecule has 1 atom stereocenters. The minimum atomic E-state index is -1.81. The molecule has 1 aliphatic heterocycles. The SMILES string of the molecule is O=C(CN1C(=O)CSC1=O)N[C@@H](Cc1coc2ccccc12)B(O)O. The maximum Gasteiger partial charge on any atom is 0.475 e. The number of hydrogen-bond acceptors (Lipinski definition) is 7. The third-order valence-corrected chi connectivity index (χ3v) is 4.71. The fourth-order valence-electron chi connectivity index (χ4n) is 2.59. The molecule has 2 aromatic rings. The predicted molar refractivity (Wildman–Crippen MR) is 91.6 cm³/mol. The second-order valence-electron chi connectivity index (χ2n) is 5.58. The lowest BCUT2D eigenvalue weighted by Gasteiger charge is -2.19. The van der Waals surface area contributed by atoms with Crippen LogP contribution in [0.15, 0.2) is 34.9 Å². The molecule has 0 bridgehead atoms. The van der Waals surface area contributed by atoms with Crippen LogP contribution in [0.4, 0.5) is 4.79 Å². The summed E-state index contributed by atoms with van der Waals surface area (Å²) in [7, 11) is -1.81. The second-order valence-corrected chi connectivity index (χ2v) is 6.51. The molecule has 3 rings (SSSR count). The van der Waals surface area contributed by atoms with Crippen molar-refractivity contribution >= 4 is 46.9 Å². The van der Waals surface area contributed by atoms with Gasteiger partial charge in [0.25, 0.3) is 5.24 Å². The maximum atomic E-state index is 12.1. The van der Waals surface area contributed by atoms with E-state index >= 15 is 0 Å². The average molecular weight is 362 g/mol. The minimum absolute atomic E-state index is 0.0131. The molecule has 1 aromatic heterocycles. The molecular formula is C15H15BN2O6S. The number of nitrogens with zero attached hydrogens (tertiary/aromatic N) is 1. The summed E-state index contributed by atoms with van der Waals surface area (Å²) in [6, 6.07) is 7.25. The number of carbonyl (C=O) groups excluding carboxylic acids is 3. The van der Waals surface area contributed by atoms with Gasteiger partial charge < -0.3 is 19.8 Å². The highest BCUT2D eigenvalue weighted by atomic mass is 32.2. The summed E-state index contributed by atoms with van der Waals surface area (Å²) < 4.78 is 5.39. The van der Waals surface area contributed by atoms with Gasteiger partial charge in [-0.3, -0.25) is 19.3 Å². The van der Waals surface area contributed by atoms with Gasteiger partial charge in [0.1, 0.15) is 12.1 Å². The number of benzene rings is 1. The molecule has 1 fully saturated rings. The lowest BCUT2D eigenvalue weighted by Crippen LogP contribution is -2.51. The maximum absolute atomic E-state index is 12.1. The van der Waals surface area contributed by atoms with E-state index in [1.165, 1.54) is 6.26 Å². The number of rotatable bonds is 6. The Morgan fingerprint density at radius 1 is 1.36 bits per heavy atom. The van der Waals surface area contributed by atoms with Gasteiger partial charge in [0.15, 0.2) is 0 Å². The number of nitrogens with one attached hydrogen (secondary N) is 1. The van der Waals surface area contributed by atoms with Crippen molar-refractivity contribution in [3.63, 3.8) is 0 Å². The van der Waals surface area contributed by atoms with E-state index in [2.05, 4.69) is 5.32 Å². The Labute approximate surface area is 147 Å². The van der Waals surface area contributed by atoms with Crippen molar-refractivity contribution < 1.29 is 28.8 Å². The first-order chi connectivity index (χ1) is 12.0. The van der Waals surface area contributed by atoms with Gasteiger partial charge in [0, 0.05) is 5.39 Å². The van der Waals surface area contributed by atoms with Crippen molar-refractivity contribution in [2.75, 3.05) is 12.3 Å². The Morgan fingerprint density at radius 2 is 2.12 bits per heavy atom. The van der Waals surface area contributed by atoms with E-state index in [4.69, 9.17) is 4.42 Å². The fraction of sp³-hybridized carbons (Fsp3) is 0.267. The van der Waals surface area contributed by atoms with E-state index in [0.29, 0.717) is 11.1 Å². The molecule has 25 heavy (non-hydrogen) atoms. The van der Waals surface area contributed by atoms with E-state index in [9.17, 15) is 24.4 Å². The smallest absolute Gasteiger partial charge is 0.464 e. The average Bonchev–Trinajstić information content (AvgIpc) is 3.12. The second kappa shape index (κ2) is 7.30. The number of carbonyl (C=O) groups is 3. The quantitative estimate of drug-likeness (QED) is 0.627. The van der Waals surface area contributed by atoms with Crippen LogP contribution in [0, 0.1) is 0 Å². The van der Waals surface area contributed by atoms with E-state index in [1.54, 1.807) is 6.07 Å². The van der Waals surface area contributed by atoms with Gasteiger partial charge in [-0.1, -0.05) is 30.0 Å².